The minimum atomic E-state index is -1.20. The molecule has 98 valence electrons. The second kappa shape index (κ2) is 4.65. The number of nitrogens with zero attached hydrogens (tertiary/aromatic N) is 1. The summed E-state index contributed by atoms with van der Waals surface area (Å²) >= 11 is 0.815. The Balaban J connectivity index is 2.50. The predicted octanol–water partition coefficient (Wildman–Crippen LogP) is 2.74. The number of nitro groups is 1. The highest BCUT2D eigenvalue weighted by Crippen LogP contribution is 2.35. The first-order chi connectivity index (χ1) is 8.90. The number of thiophene rings is 1. The Bertz CT molecular complexity index is 683. The quantitative estimate of drug-likeness (QED) is 0.665. The lowest BCUT2D eigenvalue weighted by Crippen LogP contribution is -1.96. The summed E-state index contributed by atoms with van der Waals surface area (Å²) in [5.74, 6) is -2.00. The van der Waals surface area contributed by atoms with Crippen molar-refractivity contribution in [1.29, 1.82) is 0 Å². The molecule has 2 aromatic rings. The molecule has 0 aliphatic rings. The van der Waals surface area contributed by atoms with Crippen molar-refractivity contribution in [2.45, 2.75) is 0 Å². The van der Waals surface area contributed by atoms with E-state index in [1.807, 2.05) is 0 Å². The fourth-order valence-electron chi connectivity index (χ4n) is 1.52. The lowest BCUT2D eigenvalue weighted by molar-refractivity contribution is -0.385. The Morgan fingerprint density at radius 1 is 1.42 bits per heavy atom. The zero-order valence-corrected chi connectivity index (χ0v) is 10.1. The van der Waals surface area contributed by atoms with E-state index in [0.717, 1.165) is 23.5 Å². The molecule has 0 atom stereocenters. The summed E-state index contributed by atoms with van der Waals surface area (Å²) in [6, 6.07) is 4.49. The number of hydrogen-bond donors (Lipinski definition) is 2. The Hall–Kier alpha value is -2.48. The van der Waals surface area contributed by atoms with Gasteiger partial charge in [-0.05, 0) is 12.1 Å². The maximum Gasteiger partial charge on any atom is 0.348 e. The predicted molar refractivity (Wildman–Crippen MR) is 67.7 cm³/mol. The molecular weight excluding hydrogens is 275 g/mol. The number of nitrogen functional groups attached to an aromatic ring is 1. The van der Waals surface area contributed by atoms with E-state index in [4.69, 9.17) is 10.8 Å². The Morgan fingerprint density at radius 2 is 2.11 bits per heavy atom. The van der Waals surface area contributed by atoms with Crippen LogP contribution in [0.2, 0.25) is 0 Å². The third-order valence-electron chi connectivity index (χ3n) is 2.38. The van der Waals surface area contributed by atoms with Crippen LogP contribution in [0, 0.1) is 15.9 Å². The molecule has 0 saturated carbocycles. The van der Waals surface area contributed by atoms with Crippen molar-refractivity contribution in [3.63, 3.8) is 0 Å². The Labute approximate surface area is 110 Å². The summed E-state index contributed by atoms with van der Waals surface area (Å²) in [7, 11) is 0. The summed E-state index contributed by atoms with van der Waals surface area (Å²) in [6.45, 7) is 0. The van der Waals surface area contributed by atoms with Gasteiger partial charge < -0.3 is 10.8 Å². The van der Waals surface area contributed by atoms with E-state index < -0.39 is 16.7 Å². The molecular formula is C11H7FN2O4S. The molecule has 0 bridgehead atoms. The molecule has 3 N–H and O–H groups in total. The van der Waals surface area contributed by atoms with E-state index in [9.17, 15) is 19.3 Å². The van der Waals surface area contributed by atoms with Crippen LogP contribution in [0.3, 0.4) is 0 Å². The standard InChI is InChI=1S/C11H7FN2O4S/c12-7-3-5(14(17)18)1-2-6(7)9-4-8(13)10(19-9)11(15)16/h1-4H,13H2,(H,15,16). The van der Waals surface area contributed by atoms with Gasteiger partial charge >= 0.3 is 5.97 Å². The van der Waals surface area contributed by atoms with Crippen LogP contribution in [0.5, 0.6) is 0 Å². The minimum Gasteiger partial charge on any atom is -0.477 e. The van der Waals surface area contributed by atoms with E-state index in [2.05, 4.69) is 0 Å². The summed E-state index contributed by atoms with van der Waals surface area (Å²) in [5, 5.41) is 19.4. The van der Waals surface area contributed by atoms with Crippen LogP contribution >= 0.6 is 11.3 Å². The highest BCUT2D eigenvalue weighted by Gasteiger charge is 2.18. The van der Waals surface area contributed by atoms with E-state index in [-0.39, 0.29) is 21.8 Å². The normalized spacial score (nSPS) is 10.4. The van der Waals surface area contributed by atoms with Gasteiger partial charge in [0, 0.05) is 16.5 Å². The number of carboxylic acids is 1. The fourth-order valence-corrected chi connectivity index (χ4v) is 2.47. The molecule has 1 aromatic heterocycles. The number of non-ortho nitro benzene ring substituents is 1. The fraction of sp³-hybridized carbons (Fsp3) is 0. The molecule has 0 radical (unpaired) electrons. The molecule has 0 unspecified atom stereocenters. The van der Waals surface area contributed by atoms with E-state index in [1.54, 1.807) is 0 Å². The molecule has 19 heavy (non-hydrogen) atoms. The highest BCUT2D eigenvalue weighted by atomic mass is 32.1. The van der Waals surface area contributed by atoms with Crippen molar-refractivity contribution in [3.05, 3.63) is 45.1 Å². The first-order valence-corrected chi connectivity index (χ1v) is 5.78. The van der Waals surface area contributed by atoms with Crippen LogP contribution in [0.25, 0.3) is 10.4 Å². The number of rotatable bonds is 3. The number of nitrogens with two attached hydrogens (primary N) is 1. The number of carbonyl (C=O) groups is 1. The maximum absolute atomic E-state index is 13.8. The van der Waals surface area contributed by atoms with Gasteiger partial charge in [-0.15, -0.1) is 11.3 Å². The minimum absolute atomic E-state index is 0.0326. The number of benzene rings is 1. The largest absolute Gasteiger partial charge is 0.477 e. The van der Waals surface area contributed by atoms with E-state index >= 15 is 0 Å². The summed E-state index contributed by atoms with van der Waals surface area (Å²) in [4.78, 5) is 20.8. The van der Waals surface area contributed by atoms with Gasteiger partial charge in [0.05, 0.1) is 16.7 Å². The van der Waals surface area contributed by atoms with Crippen LogP contribution < -0.4 is 5.73 Å². The molecule has 0 amide bonds. The molecule has 0 saturated heterocycles. The molecule has 1 aromatic carbocycles. The van der Waals surface area contributed by atoms with Crippen LogP contribution in [-0.4, -0.2) is 16.0 Å². The number of anilines is 1. The molecule has 2 rings (SSSR count). The van der Waals surface area contributed by atoms with Gasteiger partial charge in [-0.2, -0.15) is 0 Å². The summed E-state index contributed by atoms with van der Waals surface area (Å²) in [5.41, 5.74) is 5.25. The monoisotopic (exact) mass is 282 g/mol. The van der Waals surface area contributed by atoms with Crippen LogP contribution in [0.4, 0.5) is 15.8 Å². The van der Waals surface area contributed by atoms with E-state index in [1.165, 1.54) is 12.1 Å². The number of halogens is 1. The summed E-state index contributed by atoms with van der Waals surface area (Å²) < 4.78 is 13.8. The maximum atomic E-state index is 13.8. The van der Waals surface area contributed by atoms with Crippen LogP contribution in [0.15, 0.2) is 24.3 Å². The molecule has 0 aliphatic heterocycles. The second-order valence-corrected chi connectivity index (χ2v) is 4.67. The van der Waals surface area contributed by atoms with Crippen LogP contribution in [0.1, 0.15) is 9.67 Å². The number of aromatic carboxylic acids is 1. The van der Waals surface area contributed by atoms with Crippen molar-refractivity contribution < 1.29 is 19.2 Å². The Kier molecular flexibility index (Phi) is 3.17. The third-order valence-corrected chi connectivity index (χ3v) is 3.56. The smallest absolute Gasteiger partial charge is 0.348 e. The van der Waals surface area contributed by atoms with Gasteiger partial charge in [0.15, 0.2) is 0 Å². The number of nitro benzene ring substituents is 1. The van der Waals surface area contributed by atoms with E-state index in [0.29, 0.717) is 4.88 Å². The van der Waals surface area contributed by atoms with Gasteiger partial charge in [0.2, 0.25) is 0 Å². The molecule has 0 aliphatic carbocycles. The second-order valence-electron chi connectivity index (χ2n) is 3.62. The Morgan fingerprint density at radius 3 is 2.58 bits per heavy atom. The topological polar surface area (TPSA) is 106 Å². The third kappa shape index (κ3) is 2.38. The summed E-state index contributed by atoms with van der Waals surface area (Å²) in [6.07, 6.45) is 0. The van der Waals surface area contributed by atoms with Gasteiger partial charge in [0.1, 0.15) is 10.7 Å². The van der Waals surface area contributed by atoms with Crippen molar-refractivity contribution in [1.82, 2.24) is 0 Å². The van der Waals surface area contributed by atoms with Crippen molar-refractivity contribution in [3.8, 4) is 10.4 Å². The molecule has 0 spiro atoms. The van der Waals surface area contributed by atoms with Gasteiger partial charge in [-0.25, -0.2) is 9.18 Å². The zero-order chi connectivity index (χ0) is 14.2. The lowest BCUT2D eigenvalue weighted by Gasteiger charge is -1.99. The van der Waals surface area contributed by atoms with Crippen molar-refractivity contribution in [2.24, 2.45) is 0 Å². The van der Waals surface area contributed by atoms with Crippen molar-refractivity contribution in [2.75, 3.05) is 5.73 Å². The lowest BCUT2D eigenvalue weighted by atomic mass is 10.1. The highest BCUT2D eigenvalue weighted by molar-refractivity contribution is 7.17. The van der Waals surface area contributed by atoms with Gasteiger partial charge in [0.25, 0.3) is 5.69 Å². The average Bonchev–Trinajstić information content (AvgIpc) is 2.71. The first kappa shape index (κ1) is 13.0. The van der Waals surface area contributed by atoms with Gasteiger partial charge in [-0.3, -0.25) is 10.1 Å². The average molecular weight is 282 g/mol. The van der Waals surface area contributed by atoms with Crippen LogP contribution in [-0.2, 0) is 0 Å². The first-order valence-electron chi connectivity index (χ1n) is 4.97. The zero-order valence-electron chi connectivity index (χ0n) is 9.29. The molecule has 6 nitrogen and oxygen atoms in total. The number of hydrogen-bond acceptors (Lipinski definition) is 5. The van der Waals surface area contributed by atoms with Gasteiger partial charge in [-0.1, -0.05) is 0 Å². The molecule has 8 heteroatoms. The SMILES string of the molecule is Nc1cc(-c2ccc([N+](=O)[O-])cc2F)sc1C(=O)O. The molecule has 1 heterocycles. The number of carboxylic acid groups (broad SMARTS) is 1. The van der Waals surface area contributed by atoms with Crippen molar-refractivity contribution >= 4 is 28.7 Å². The molecule has 0 fully saturated rings.